The highest BCUT2D eigenvalue weighted by atomic mass is 16.4. The molecule has 0 unspecified atom stereocenters. The van der Waals surface area contributed by atoms with E-state index in [1.165, 1.54) is 76.3 Å². The molecule has 0 bridgehead atoms. The minimum atomic E-state index is -1.08. The third-order valence-corrected chi connectivity index (χ3v) is 3.76. The molecule has 0 saturated carbocycles. The second kappa shape index (κ2) is 15.5. The Labute approximate surface area is 142 Å². The Morgan fingerprint density at radius 2 is 1.57 bits per heavy atom. The number of unbranched alkanes of at least 4 members (excludes halogenated alkanes) is 7. The Balaban J connectivity index is 0.00000108. The molecular weight excluding hydrogens is 286 g/mol. The smallest absolute Gasteiger partial charge is 0.171 e. The number of hydrogen-bond acceptors (Lipinski definition) is 2. The zero-order chi connectivity index (χ0) is 17.3. The molecule has 132 valence electrons. The molecular formula is C20H35NO2. The zero-order valence-electron chi connectivity index (χ0n) is 15.4. The van der Waals surface area contributed by atoms with Crippen molar-refractivity contribution < 1.29 is 14.5 Å². The fraction of sp³-hybridized carbons (Fsp3) is 0.700. The standard InChI is InChI=1S/C18H32N.C2H4O2/c1-3-5-7-8-9-10-11-15-19-16-12-14-18(17-19)13-6-4-2;1-2(3)4/h12,14,16-17H,3-11,13,15H2,1-2H3;1H3,(H,3,4)/q+1;/p-1. The lowest BCUT2D eigenvalue weighted by Crippen LogP contribution is -2.33. The second-order valence-electron chi connectivity index (χ2n) is 6.17. The van der Waals surface area contributed by atoms with Crippen LogP contribution in [0.5, 0.6) is 0 Å². The molecule has 3 heteroatoms. The van der Waals surface area contributed by atoms with Crippen LogP contribution in [-0.4, -0.2) is 5.97 Å². The topological polar surface area (TPSA) is 44.0 Å². The Hall–Kier alpha value is -1.38. The second-order valence-corrected chi connectivity index (χ2v) is 6.17. The molecule has 0 N–H and O–H groups in total. The average Bonchev–Trinajstić information content (AvgIpc) is 2.52. The number of aliphatic carboxylic acids is 1. The molecule has 1 aromatic heterocycles. The lowest BCUT2D eigenvalue weighted by molar-refractivity contribution is -0.697. The van der Waals surface area contributed by atoms with Gasteiger partial charge in [0, 0.05) is 24.0 Å². The van der Waals surface area contributed by atoms with E-state index in [9.17, 15) is 0 Å². The predicted molar refractivity (Wildman–Crippen MR) is 93.9 cm³/mol. The van der Waals surface area contributed by atoms with Gasteiger partial charge in [-0.3, -0.25) is 0 Å². The monoisotopic (exact) mass is 321 g/mol. The number of aromatic nitrogens is 1. The van der Waals surface area contributed by atoms with Crippen LogP contribution in [0.25, 0.3) is 0 Å². The number of pyridine rings is 1. The van der Waals surface area contributed by atoms with E-state index in [-0.39, 0.29) is 0 Å². The van der Waals surface area contributed by atoms with Gasteiger partial charge in [0.05, 0.1) is 0 Å². The van der Waals surface area contributed by atoms with Crippen LogP contribution in [0.4, 0.5) is 0 Å². The number of carboxylic acid groups (broad SMARTS) is 1. The van der Waals surface area contributed by atoms with Crippen molar-refractivity contribution in [1.82, 2.24) is 0 Å². The average molecular weight is 322 g/mol. The van der Waals surface area contributed by atoms with Crippen LogP contribution in [0.15, 0.2) is 24.5 Å². The third-order valence-electron chi connectivity index (χ3n) is 3.76. The molecule has 0 amide bonds. The van der Waals surface area contributed by atoms with E-state index in [4.69, 9.17) is 9.90 Å². The summed E-state index contributed by atoms with van der Waals surface area (Å²) in [6.45, 7) is 6.70. The molecule has 0 spiro atoms. The molecule has 1 rings (SSSR count). The van der Waals surface area contributed by atoms with Crippen LogP contribution in [-0.2, 0) is 17.8 Å². The number of rotatable bonds is 11. The number of aryl methyl sites for hydroxylation is 2. The predicted octanol–water partition coefficient (Wildman–Crippen LogP) is 3.82. The van der Waals surface area contributed by atoms with Crippen LogP contribution >= 0.6 is 0 Å². The van der Waals surface area contributed by atoms with Gasteiger partial charge in [0.25, 0.3) is 0 Å². The van der Waals surface area contributed by atoms with Crippen molar-refractivity contribution >= 4 is 5.97 Å². The SMILES string of the molecule is CC(=O)[O-].CCCCCCCCC[n+]1cccc(CCCC)c1. The molecule has 0 aliphatic heterocycles. The van der Waals surface area contributed by atoms with E-state index < -0.39 is 5.97 Å². The maximum atomic E-state index is 8.89. The molecule has 0 saturated heterocycles. The summed E-state index contributed by atoms with van der Waals surface area (Å²) in [5.41, 5.74) is 1.49. The minimum absolute atomic E-state index is 0.972. The van der Waals surface area contributed by atoms with Gasteiger partial charge in [-0.05, 0) is 32.3 Å². The molecule has 23 heavy (non-hydrogen) atoms. The van der Waals surface area contributed by atoms with Gasteiger partial charge in [-0.2, -0.15) is 0 Å². The third kappa shape index (κ3) is 15.3. The molecule has 0 atom stereocenters. The number of carbonyl (C=O) groups is 1. The first-order chi connectivity index (χ1) is 11.1. The van der Waals surface area contributed by atoms with Crippen LogP contribution in [0.3, 0.4) is 0 Å². The fourth-order valence-corrected chi connectivity index (χ4v) is 2.50. The lowest BCUT2D eigenvalue weighted by atomic mass is 10.1. The van der Waals surface area contributed by atoms with Crippen molar-refractivity contribution in [2.75, 3.05) is 0 Å². The van der Waals surface area contributed by atoms with Crippen molar-refractivity contribution in [3.8, 4) is 0 Å². The van der Waals surface area contributed by atoms with Gasteiger partial charge < -0.3 is 9.90 Å². The lowest BCUT2D eigenvalue weighted by Gasteiger charge is -2.01. The maximum absolute atomic E-state index is 8.89. The number of hydrogen-bond donors (Lipinski definition) is 0. The Bertz CT molecular complexity index is 400. The van der Waals surface area contributed by atoms with Crippen molar-refractivity contribution in [2.24, 2.45) is 0 Å². The van der Waals surface area contributed by atoms with Gasteiger partial charge in [-0.25, -0.2) is 4.57 Å². The fourth-order valence-electron chi connectivity index (χ4n) is 2.50. The number of carboxylic acids is 1. The largest absolute Gasteiger partial charge is 0.550 e. The first-order valence-electron chi connectivity index (χ1n) is 9.25. The van der Waals surface area contributed by atoms with Crippen molar-refractivity contribution in [3.05, 3.63) is 30.1 Å². The number of carbonyl (C=O) groups excluding carboxylic acids is 1. The Morgan fingerprint density at radius 3 is 2.17 bits per heavy atom. The maximum Gasteiger partial charge on any atom is 0.171 e. The van der Waals surface area contributed by atoms with Crippen LogP contribution in [0.1, 0.15) is 84.1 Å². The van der Waals surface area contributed by atoms with Crippen molar-refractivity contribution in [1.29, 1.82) is 0 Å². The highest BCUT2D eigenvalue weighted by molar-refractivity contribution is 5.60. The molecule has 0 aliphatic carbocycles. The summed E-state index contributed by atoms with van der Waals surface area (Å²) < 4.78 is 2.37. The first kappa shape index (κ1) is 21.6. The molecule has 0 aliphatic rings. The van der Waals surface area contributed by atoms with E-state index in [1.807, 2.05) is 0 Å². The molecule has 0 fully saturated rings. The summed E-state index contributed by atoms with van der Waals surface area (Å²) in [5.74, 6) is -1.08. The molecule has 0 aromatic carbocycles. The number of nitrogens with zero attached hydrogens (tertiary/aromatic N) is 1. The summed E-state index contributed by atoms with van der Waals surface area (Å²) in [4.78, 5) is 8.89. The first-order valence-corrected chi connectivity index (χ1v) is 9.25. The van der Waals surface area contributed by atoms with Gasteiger partial charge in [-0.15, -0.1) is 0 Å². The van der Waals surface area contributed by atoms with E-state index in [1.54, 1.807) is 0 Å². The molecule has 1 aromatic rings. The zero-order valence-corrected chi connectivity index (χ0v) is 15.4. The molecule has 0 radical (unpaired) electrons. The van der Waals surface area contributed by atoms with E-state index in [0.29, 0.717) is 0 Å². The summed E-state index contributed by atoms with van der Waals surface area (Å²) in [6, 6.07) is 4.46. The van der Waals surface area contributed by atoms with E-state index >= 15 is 0 Å². The van der Waals surface area contributed by atoms with Crippen LogP contribution in [0, 0.1) is 0 Å². The summed E-state index contributed by atoms with van der Waals surface area (Å²) >= 11 is 0. The highest BCUT2D eigenvalue weighted by Gasteiger charge is 2.02. The van der Waals surface area contributed by atoms with Crippen LogP contribution < -0.4 is 9.67 Å². The molecule has 1 heterocycles. The van der Waals surface area contributed by atoms with E-state index in [2.05, 4.69) is 42.9 Å². The van der Waals surface area contributed by atoms with Gasteiger partial charge in [0.2, 0.25) is 0 Å². The van der Waals surface area contributed by atoms with Gasteiger partial charge in [0.15, 0.2) is 12.4 Å². The Morgan fingerprint density at radius 1 is 1.00 bits per heavy atom. The quantitative estimate of drug-likeness (QED) is 0.459. The summed E-state index contributed by atoms with van der Waals surface area (Å²) in [6.07, 6.45) is 18.1. The van der Waals surface area contributed by atoms with Crippen molar-refractivity contribution in [3.63, 3.8) is 0 Å². The van der Waals surface area contributed by atoms with E-state index in [0.717, 1.165) is 6.92 Å². The van der Waals surface area contributed by atoms with Gasteiger partial charge in [0.1, 0.15) is 6.54 Å². The highest BCUT2D eigenvalue weighted by Crippen LogP contribution is 2.07. The van der Waals surface area contributed by atoms with Gasteiger partial charge >= 0.3 is 0 Å². The summed E-state index contributed by atoms with van der Waals surface area (Å²) in [5, 5.41) is 8.89. The normalized spacial score (nSPS) is 10.0. The van der Waals surface area contributed by atoms with Crippen LogP contribution in [0.2, 0.25) is 0 Å². The molecule has 3 nitrogen and oxygen atoms in total. The van der Waals surface area contributed by atoms with Crippen molar-refractivity contribution in [2.45, 2.75) is 91.5 Å². The summed E-state index contributed by atoms with van der Waals surface area (Å²) in [7, 11) is 0. The van der Waals surface area contributed by atoms with Gasteiger partial charge in [-0.1, -0.05) is 52.4 Å². The minimum Gasteiger partial charge on any atom is -0.550 e. The Kier molecular flexibility index (Phi) is 14.6.